The normalized spacial score (nSPS) is 14.7. The van der Waals surface area contributed by atoms with Gasteiger partial charge in [-0.2, -0.15) is 0 Å². The number of hydrogen-bond donors (Lipinski definition) is 0. The van der Waals surface area contributed by atoms with Crippen LogP contribution in [-0.4, -0.2) is 46.9 Å². The molecule has 1 aromatic heterocycles. The molecule has 0 saturated carbocycles. The fourth-order valence-corrected chi connectivity index (χ4v) is 4.06. The molecule has 0 unspecified atom stereocenters. The first-order valence-electron chi connectivity index (χ1n) is 9.87. The number of nitrogens with zero attached hydrogens (tertiary/aromatic N) is 3. The lowest BCUT2D eigenvalue weighted by atomic mass is 10.1. The summed E-state index contributed by atoms with van der Waals surface area (Å²) in [6, 6.07) is 17.9. The molecular weight excluding hydrogens is 382 g/mol. The second-order valence-corrected chi connectivity index (χ2v) is 8.29. The number of benzene rings is 2. The number of aromatic nitrogens is 1. The van der Waals surface area contributed by atoms with E-state index in [2.05, 4.69) is 34.1 Å². The van der Waals surface area contributed by atoms with Gasteiger partial charge in [-0.05, 0) is 36.8 Å². The van der Waals surface area contributed by atoms with Crippen LogP contribution in [0.5, 0.6) is 5.75 Å². The lowest BCUT2D eigenvalue weighted by Crippen LogP contribution is -2.48. The lowest BCUT2D eigenvalue weighted by molar-refractivity contribution is 0.0628. The zero-order chi connectivity index (χ0) is 20.1. The Kier molecular flexibility index (Phi) is 6.22. The maximum absolute atomic E-state index is 12.8. The predicted octanol–water partition coefficient (Wildman–Crippen LogP) is 3.99. The van der Waals surface area contributed by atoms with Gasteiger partial charge in [-0.15, -0.1) is 11.3 Å². The summed E-state index contributed by atoms with van der Waals surface area (Å²) >= 11 is 1.62. The van der Waals surface area contributed by atoms with Crippen LogP contribution in [0, 0.1) is 6.92 Å². The number of aryl methyl sites for hydroxylation is 1. The van der Waals surface area contributed by atoms with Crippen molar-refractivity contribution in [2.75, 3.05) is 26.2 Å². The highest BCUT2D eigenvalue weighted by atomic mass is 32.1. The van der Waals surface area contributed by atoms with E-state index in [1.54, 1.807) is 11.3 Å². The third-order valence-electron chi connectivity index (χ3n) is 5.06. The molecule has 1 saturated heterocycles. The molecular formula is C23H25N3O2S. The Labute approximate surface area is 175 Å². The van der Waals surface area contributed by atoms with E-state index < -0.39 is 0 Å². The van der Waals surface area contributed by atoms with Gasteiger partial charge in [-0.3, -0.25) is 9.69 Å². The highest BCUT2D eigenvalue weighted by Crippen LogP contribution is 2.17. The minimum Gasteiger partial charge on any atom is -0.487 e. The summed E-state index contributed by atoms with van der Waals surface area (Å²) < 4.78 is 5.77. The molecule has 3 aromatic rings. The monoisotopic (exact) mass is 407 g/mol. The van der Waals surface area contributed by atoms with Gasteiger partial charge >= 0.3 is 0 Å². The number of carbonyl (C=O) groups is 1. The molecule has 1 aliphatic rings. The summed E-state index contributed by atoms with van der Waals surface area (Å²) in [4.78, 5) is 21.5. The maximum Gasteiger partial charge on any atom is 0.253 e. The van der Waals surface area contributed by atoms with Gasteiger partial charge in [0.2, 0.25) is 0 Å². The smallest absolute Gasteiger partial charge is 0.253 e. The van der Waals surface area contributed by atoms with E-state index in [1.807, 2.05) is 47.5 Å². The van der Waals surface area contributed by atoms with E-state index in [9.17, 15) is 4.79 Å². The Balaban J connectivity index is 1.27. The molecule has 150 valence electrons. The van der Waals surface area contributed by atoms with Gasteiger partial charge in [0, 0.05) is 43.7 Å². The van der Waals surface area contributed by atoms with Gasteiger partial charge in [-0.25, -0.2) is 4.98 Å². The Hall–Kier alpha value is -2.70. The molecule has 1 fully saturated rings. The number of thiazole rings is 1. The van der Waals surface area contributed by atoms with Crippen LogP contribution >= 0.6 is 11.3 Å². The van der Waals surface area contributed by atoms with Crippen LogP contribution in [0.2, 0.25) is 0 Å². The summed E-state index contributed by atoms with van der Waals surface area (Å²) in [6.45, 7) is 6.68. The van der Waals surface area contributed by atoms with Crippen LogP contribution in [0.25, 0.3) is 0 Å². The SMILES string of the molecule is Cc1nc(COc2ccc(C(=O)N3CCN(Cc4ccccc4)CC3)cc2)cs1. The molecule has 29 heavy (non-hydrogen) atoms. The summed E-state index contributed by atoms with van der Waals surface area (Å²) in [5.74, 6) is 0.839. The highest BCUT2D eigenvalue weighted by Gasteiger charge is 2.22. The average molecular weight is 408 g/mol. The third-order valence-corrected chi connectivity index (χ3v) is 5.89. The van der Waals surface area contributed by atoms with Gasteiger partial charge in [0.25, 0.3) is 5.91 Å². The van der Waals surface area contributed by atoms with Crippen molar-refractivity contribution in [1.82, 2.24) is 14.8 Å². The molecule has 1 aliphatic heterocycles. The van der Waals surface area contributed by atoms with Crippen LogP contribution < -0.4 is 4.74 Å². The zero-order valence-electron chi connectivity index (χ0n) is 16.6. The summed E-state index contributed by atoms with van der Waals surface area (Å²) in [7, 11) is 0. The maximum atomic E-state index is 12.8. The summed E-state index contributed by atoms with van der Waals surface area (Å²) in [6.07, 6.45) is 0. The molecule has 0 N–H and O–H groups in total. The Morgan fingerprint density at radius 2 is 1.76 bits per heavy atom. The summed E-state index contributed by atoms with van der Waals surface area (Å²) in [5, 5.41) is 3.04. The van der Waals surface area contributed by atoms with Crippen LogP contribution in [0.15, 0.2) is 60.0 Å². The van der Waals surface area contributed by atoms with Crippen molar-refractivity contribution in [2.24, 2.45) is 0 Å². The highest BCUT2D eigenvalue weighted by molar-refractivity contribution is 7.09. The number of hydrogen-bond acceptors (Lipinski definition) is 5. The average Bonchev–Trinajstić information content (AvgIpc) is 3.19. The lowest BCUT2D eigenvalue weighted by Gasteiger charge is -2.34. The van der Waals surface area contributed by atoms with E-state index in [1.165, 1.54) is 5.56 Å². The predicted molar refractivity (Wildman–Crippen MR) is 115 cm³/mol. The first-order chi connectivity index (χ1) is 14.2. The van der Waals surface area contributed by atoms with E-state index in [4.69, 9.17) is 4.74 Å². The third kappa shape index (κ3) is 5.22. The number of amides is 1. The molecule has 0 radical (unpaired) electrons. The van der Waals surface area contributed by atoms with E-state index in [-0.39, 0.29) is 5.91 Å². The largest absolute Gasteiger partial charge is 0.487 e. The van der Waals surface area contributed by atoms with Gasteiger partial charge in [0.05, 0.1) is 10.7 Å². The minimum absolute atomic E-state index is 0.0889. The van der Waals surface area contributed by atoms with Crippen molar-refractivity contribution in [3.05, 3.63) is 81.8 Å². The van der Waals surface area contributed by atoms with Crippen LogP contribution in [-0.2, 0) is 13.2 Å². The zero-order valence-corrected chi connectivity index (χ0v) is 17.4. The molecule has 4 rings (SSSR count). The first kappa shape index (κ1) is 19.6. The number of piperazine rings is 1. The fourth-order valence-electron chi connectivity index (χ4n) is 3.46. The molecule has 6 heteroatoms. The van der Waals surface area contributed by atoms with E-state index >= 15 is 0 Å². The molecule has 0 bridgehead atoms. The molecule has 1 amide bonds. The molecule has 0 aliphatic carbocycles. The molecule has 5 nitrogen and oxygen atoms in total. The van der Waals surface area contributed by atoms with Crippen LogP contribution in [0.3, 0.4) is 0 Å². The van der Waals surface area contributed by atoms with Gasteiger partial charge < -0.3 is 9.64 Å². The second kappa shape index (κ2) is 9.20. The number of carbonyl (C=O) groups excluding carboxylic acids is 1. The fraction of sp³-hybridized carbons (Fsp3) is 0.304. The van der Waals surface area contributed by atoms with Crippen molar-refractivity contribution in [2.45, 2.75) is 20.1 Å². The molecule has 0 spiro atoms. The van der Waals surface area contributed by atoms with Gasteiger partial charge in [0.1, 0.15) is 12.4 Å². The molecule has 0 atom stereocenters. The van der Waals surface area contributed by atoms with E-state index in [0.717, 1.165) is 49.2 Å². The number of rotatable bonds is 6. The molecule has 2 heterocycles. The Bertz CT molecular complexity index is 932. The van der Waals surface area contributed by atoms with Crippen molar-refractivity contribution in [1.29, 1.82) is 0 Å². The first-order valence-corrected chi connectivity index (χ1v) is 10.7. The van der Waals surface area contributed by atoms with E-state index in [0.29, 0.717) is 12.2 Å². The van der Waals surface area contributed by atoms with Crippen LogP contribution in [0.4, 0.5) is 0 Å². The van der Waals surface area contributed by atoms with Crippen molar-refractivity contribution in [3.63, 3.8) is 0 Å². The van der Waals surface area contributed by atoms with Gasteiger partial charge in [0.15, 0.2) is 0 Å². The minimum atomic E-state index is 0.0889. The quantitative estimate of drug-likeness (QED) is 0.620. The van der Waals surface area contributed by atoms with Crippen molar-refractivity contribution < 1.29 is 9.53 Å². The van der Waals surface area contributed by atoms with Crippen molar-refractivity contribution in [3.8, 4) is 5.75 Å². The molecule has 2 aromatic carbocycles. The Morgan fingerprint density at radius 3 is 2.41 bits per heavy atom. The van der Waals surface area contributed by atoms with Gasteiger partial charge in [-0.1, -0.05) is 30.3 Å². The number of ether oxygens (including phenoxy) is 1. The standard InChI is InChI=1S/C23H25N3O2S/c1-18-24-21(17-29-18)16-28-22-9-7-20(8-10-22)23(27)26-13-11-25(12-14-26)15-19-5-3-2-4-6-19/h2-10,17H,11-16H2,1H3. The summed E-state index contributed by atoms with van der Waals surface area (Å²) in [5.41, 5.74) is 2.95. The van der Waals surface area contributed by atoms with Crippen molar-refractivity contribution >= 4 is 17.2 Å². The van der Waals surface area contributed by atoms with Crippen LogP contribution in [0.1, 0.15) is 26.6 Å². The topological polar surface area (TPSA) is 45.7 Å². The Morgan fingerprint density at radius 1 is 1.03 bits per heavy atom. The second-order valence-electron chi connectivity index (χ2n) is 7.22.